The number of rotatable bonds is 4. The molecule has 1 N–H and O–H groups in total. The first kappa shape index (κ1) is 19.6. The van der Waals surface area contributed by atoms with Crippen LogP contribution in [-0.4, -0.2) is 45.0 Å². The molecule has 0 amide bonds. The second-order valence-corrected chi connectivity index (χ2v) is 12.7. The second kappa shape index (κ2) is 6.99. The van der Waals surface area contributed by atoms with E-state index in [4.69, 9.17) is 13.9 Å². The highest BCUT2D eigenvalue weighted by atomic mass is 28.4. The molecule has 0 aromatic heterocycles. The average molecular weight is 333 g/mol. The fraction of sp³-hybridized carbons (Fsp3) is 0.938. The molecule has 1 aliphatic rings. The first-order valence-electron chi connectivity index (χ1n) is 7.99. The van der Waals surface area contributed by atoms with Crippen molar-refractivity contribution in [1.29, 1.82) is 0 Å². The van der Waals surface area contributed by atoms with Gasteiger partial charge in [-0.05, 0) is 18.1 Å². The highest BCUT2D eigenvalue weighted by Crippen LogP contribution is 2.42. The van der Waals surface area contributed by atoms with E-state index in [-0.39, 0.29) is 41.5 Å². The molecule has 0 aliphatic carbocycles. The van der Waals surface area contributed by atoms with E-state index in [0.717, 1.165) is 0 Å². The van der Waals surface area contributed by atoms with Gasteiger partial charge in [0.15, 0.2) is 14.6 Å². The molecule has 5 atom stereocenters. The topological polar surface area (TPSA) is 65.0 Å². The van der Waals surface area contributed by atoms with Gasteiger partial charge < -0.3 is 19.0 Å². The zero-order chi connectivity index (χ0) is 17.3. The van der Waals surface area contributed by atoms with E-state index in [2.05, 4.69) is 33.9 Å². The number of hydrogen-bond acceptors (Lipinski definition) is 5. The summed E-state index contributed by atoms with van der Waals surface area (Å²) >= 11 is 0. The van der Waals surface area contributed by atoms with Crippen LogP contribution >= 0.6 is 0 Å². The van der Waals surface area contributed by atoms with E-state index in [1.165, 1.54) is 7.11 Å². The van der Waals surface area contributed by atoms with Crippen LogP contribution in [0, 0.1) is 11.8 Å². The number of carbonyl (C=O) groups excluding carboxylic acids is 1. The van der Waals surface area contributed by atoms with Crippen molar-refractivity contribution in [3.8, 4) is 0 Å². The molecule has 0 spiro atoms. The zero-order valence-electron chi connectivity index (χ0n) is 15.2. The van der Waals surface area contributed by atoms with Crippen LogP contribution in [0.25, 0.3) is 0 Å². The molecule has 0 bridgehead atoms. The molecule has 0 aromatic rings. The van der Waals surface area contributed by atoms with Crippen molar-refractivity contribution < 1.29 is 23.8 Å². The molecule has 130 valence electrons. The molecule has 1 aliphatic heterocycles. The third-order valence-electron chi connectivity index (χ3n) is 5.22. The molecule has 22 heavy (non-hydrogen) atoms. The van der Waals surface area contributed by atoms with E-state index < -0.39 is 14.6 Å². The lowest BCUT2D eigenvalue weighted by molar-refractivity contribution is -0.240. The van der Waals surface area contributed by atoms with E-state index in [1.54, 1.807) is 0 Å². The van der Waals surface area contributed by atoms with Crippen LogP contribution < -0.4 is 0 Å². The maximum absolute atomic E-state index is 11.5. The largest absolute Gasteiger partial charge is 0.469 e. The Bertz CT molecular complexity index is 390. The highest BCUT2D eigenvalue weighted by Gasteiger charge is 2.47. The summed E-state index contributed by atoms with van der Waals surface area (Å²) in [6, 6.07) is 0. The fourth-order valence-electron chi connectivity index (χ4n) is 2.49. The molecule has 0 radical (unpaired) electrons. The standard InChI is InChI=1S/C16H32O5Si/c1-10-12(9-13(17)19-6)20-15(18)11(2)14(10)21-22(7,8)16(3,4)5/h10-12,14-15,18H,9H2,1-8H3/t10-,11+,12-,14-,15?/m0/s1. The number of carbonyl (C=O) groups is 1. The average Bonchev–Trinajstić information content (AvgIpc) is 2.39. The number of esters is 1. The summed E-state index contributed by atoms with van der Waals surface area (Å²) in [7, 11) is -0.607. The third kappa shape index (κ3) is 4.31. The Morgan fingerprint density at radius 2 is 1.77 bits per heavy atom. The monoisotopic (exact) mass is 332 g/mol. The first-order chi connectivity index (χ1) is 9.90. The van der Waals surface area contributed by atoms with Gasteiger partial charge in [-0.15, -0.1) is 0 Å². The number of ether oxygens (including phenoxy) is 2. The summed E-state index contributed by atoms with van der Waals surface area (Å²) < 4.78 is 16.9. The van der Waals surface area contributed by atoms with Gasteiger partial charge in [0.05, 0.1) is 25.7 Å². The Labute approximate surface area is 135 Å². The van der Waals surface area contributed by atoms with Crippen LogP contribution in [0.2, 0.25) is 18.1 Å². The van der Waals surface area contributed by atoms with Gasteiger partial charge in [-0.25, -0.2) is 0 Å². The lowest BCUT2D eigenvalue weighted by atomic mass is 9.85. The predicted octanol–water partition coefficient (Wildman–Crippen LogP) is 2.93. The molecule has 5 nitrogen and oxygen atoms in total. The van der Waals surface area contributed by atoms with Crippen molar-refractivity contribution in [3.05, 3.63) is 0 Å². The summed E-state index contributed by atoms with van der Waals surface area (Å²) in [5.41, 5.74) is 0. The molecule has 0 saturated carbocycles. The predicted molar refractivity (Wildman–Crippen MR) is 87.9 cm³/mol. The van der Waals surface area contributed by atoms with E-state index in [9.17, 15) is 9.90 Å². The normalized spacial score (nSPS) is 33.6. The van der Waals surface area contributed by atoms with Gasteiger partial charge in [0.2, 0.25) is 0 Å². The molecule has 1 rings (SSSR count). The Hall–Kier alpha value is -0.433. The molecule has 1 unspecified atom stereocenters. The third-order valence-corrected chi connectivity index (χ3v) is 9.69. The van der Waals surface area contributed by atoms with Crippen molar-refractivity contribution in [1.82, 2.24) is 0 Å². The fourth-order valence-corrected chi connectivity index (χ4v) is 3.96. The van der Waals surface area contributed by atoms with Gasteiger partial charge >= 0.3 is 5.97 Å². The van der Waals surface area contributed by atoms with Crippen molar-refractivity contribution in [3.63, 3.8) is 0 Å². The Morgan fingerprint density at radius 1 is 1.23 bits per heavy atom. The maximum atomic E-state index is 11.5. The number of methoxy groups -OCH3 is 1. The summed E-state index contributed by atoms with van der Waals surface area (Å²) in [6.07, 6.45) is -1.29. The Kier molecular flexibility index (Phi) is 6.23. The van der Waals surface area contributed by atoms with Crippen LogP contribution in [0.5, 0.6) is 0 Å². The van der Waals surface area contributed by atoms with E-state index in [0.29, 0.717) is 0 Å². The lowest BCUT2D eigenvalue weighted by Crippen LogP contribution is -2.55. The van der Waals surface area contributed by atoms with Gasteiger partial charge in [-0.1, -0.05) is 34.6 Å². The highest BCUT2D eigenvalue weighted by molar-refractivity contribution is 6.74. The summed E-state index contributed by atoms with van der Waals surface area (Å²) in [4.78, 5) is 11.5. The quantitative estimate of drug-likeness (QED) is 0.633. The zero-order valence-corrected chi connectivity index (χ0v) is 16.2. The number of aliphatic hydroxyl groups excluding tert-OH is 1. The van der Waals surface area contributed by atoms with Crippen LogP contribution in [0.3, 0.4) is 0 Å². The summed E-state index contributed by atoms with van der Waals surface area (Å²) in [6.45, 7) is 14.9. The van der Waals surface area contributed by atoms with Crippen molar-refractivity contribution in [2.24, 2.45) is 11.8 Å². The molecule has 6 heteroatoms. The minimum Gasteiger partial charge on any atom is -0.469 e. The van der Waals surface area contributed by atoms with Gasteiger partial charge in [0, 0.05) is 11.8 Å². The van der Waals surface area contributed by atoms with E-state index >= 15 is 0 Å². The summed E-state index contributed by atoms with van der Waals surface area (Å²) in [5, 5.41) is 10.3. The second-order valence-electron chi connectivity index (χ2n) is 7.91. The minimum absolute atomic E-state index is 0.0200. The minimum atomic E-state index is -1.97. The molecule has 0 aromatic carbocycles. The lowest BCUT2D eigenvalue weighted by Gasteiger charge is -2.48. The Balaban J connectivity index is 2.93. The van der Waals surface area contributed by atoms with Gasteiger partial charge in [-0.2, -0.15) is 0 Å². The van der Waals surface area contributed by atoms with Gasteiger partial charge in [-0.3, -0.25) is 4.79 Å². The first-order valence-corrected chi connectivity index (χ1v) is 10.9. The van der Waals surface area contributed by atoms with E-state index in [1.807, 2.05) is 13.8 Å². The number of aliphatic hydroxyl groups is 1. The maximum Gasteiger partial charge on any atom is 0.308 e. The SMILES string of the molecule is COC(=O)C[C@@H]1OC(O)[C@H](C)[C@@H](O[Si](C)(C)C(C)(C)C)[C@H]1C. The van der Waals surface area contributed by atoms with Gasteiger partial charge in [0.25, 0.3) is 0 Å². The molecule has 1 saturated heterocycles. The Morgan fingerprint density at radius 3 is 2.23 bits per heavy atom. The molecular weight excluding hydrogens is 300 g/mol. The van der Waals surface area contributed by atoms with Crippen LogP contribution in [0.4, 0.5) is 0 Å². The number of hydrogen-bond donors (Lipinski definition) is 1. The summed E-state index contributed by atoms with van der Waals surface area (Å²) in [5.74, 6) is -0.436. The van der Waals surface area contributed by atoms with Crippen molar-refractivity contribution in [2.45, 2.75) is 77.7 Å². The van der Waals surface area contributed by atoms with Crippen LogP contribution in [0.1, 0.15) is 41.0 Å². The van der Waals surface area contributed by atoms with Crippen molar-refractivity contribution in [2.75, 3.05) is 7.11 Å². The molecular formula is C16H32O5Si. The van der Waals surface area contributed by atoms with Crippen molar-refractivity contribution >= 4 is 14.3 Å². The van der Waals surface area contributed by atoms with Crippen LogP contribution in [0.15, 0.2) is 0 Å². The van der Waals surface area contributed by atoms with Gasteiger partial charge in [0.1, 0.15) is 0 Å². The molecule has 1 fully saturated rings. The molecule has 1 heterocycles. The van der Waals surface area contributed by atoms with Crippen LogP contribution in [-0.2, 0) is 18.7 Å². The smallest absolute Gasteiger partial charge is 0.308 e.